The number of aromatic nitrogens is 2. The second-order valence-electron chi connectivity index (χ2n) is 4.88. The number of nitrogens with two attached hydrogens (primary N) is 1. The van der Waals surface area contributed by atoms with Crippen LogP contribution in [0.15, 0.2) is 18.2 Å². The number of nitrogens with zero attached hydrogens (tertiary/aromatic N) is 2. The van der Waals surface area contributed by atoms with E-state index in [1.54, 1.807) is 0 Å². The molecule has 1 heterocycles. The molecule has 17 heavy (non-hydrogen) atoms. The maximum absolute atomic E-state index is 9.37. The Hall–Kier alpha value is -1.39. The topological polar surface area (TPSA) is 64.1 Å². The molecule has 4 nitrogen and oxygen atoms in total. The summed E-state index contributed by atoms with van der Waals surface area (Å²) in [5, 5.41) is 9.37. The minimum Gasteiger partial charge on any atom is -0.393 e. The molecule has 3 N–H and O–H groups in total. The zero-order chi connectivity index (χ0) is 12.0. The first-order chi connectivity index (χ1) is 8.19. The van der Waals surface area contributed by atoms with Crippen molar-refractivity contribution in [3.05, 3.63) is 29.6 Å². The summed E-state index contributed by atoms with van der Waals surface area (Å²) in [6, 6.07) is 6.17. The fourth-order valence-corrected chi connectivity index (χ4v) is 2.55. The maximum atomic E-state index is 9.37. The van der Waals surface area contributed by atoms with E-state index in [0.717, 1.165) is 35.3 Å². The number of aliphatic hydroxyl groups excluding tert-OH is 1. The number of fused-ring (bicyclic) bond motifs is 1. The van der Waals surface area contributed by atoms with Gasteiger partial charge in [-0.15, -0.1) is 0 Å². The van der Waals surface area contributed by atoms with Gasteiger partial charge in [-0.1, -0.05) is 6.07 Å². The van der Waals surface area contributed by atoms with E-state index in [4.69, 9.17) is 5.73 Å². The summed E-state index contributed by atoms with van der Waals surface area (Å²) < 4.78 is 2.13. The lowest BCUT2D eigenvalue weighted by Crippen LogP contribution is -2.28. The van der Waals surface area contributed by atoms with Crippen molar-refractivity contribution in [2.45, 2.75) is 31.4 Å². The number of rotatable bonds is 2. The zero-order valence-corrected chi connectivity index (χ0v) is 9.93. The normalized spacial score (nSPS) is 23.9. The molecule has 1 aliphatic carbocycles. The molecule has 0 atom stereocenters. The summed E-state index contributed by atoms with van der Waals surface area (Å²) in [5.74, 6) is 1.49. The molecular formula is C13H17N3O. The van der Waals surface area contributed by atoms with Crippen molar-refractivity contribution in [3.8, 4) is 0 Å². The second kappa shape index (κ2) is 3.82. The third-order valence-electron chi connectivity index (χ3n) is 3.69. The standard InChI is InChI=1S/C13H17N3O/c1-16-12-3-2-8(7-14)4-11(12)15-13(16)9-5-10(17)6-9/h2-4,9-10,17H,5-7,14H2,1H3. The van der Waals surface area contributed by atoms with Gasteiger partial charge in [0.2, 0.25) is 0 Å². The van der Waals surface area contributed by atoms with Gasteiger partial charge >= 0.3 is 0 Å². The van der Waals surface area contributed by atoms with Crippen LogP contribution in [0.3, 0.4) is 0 Å². The molecule has 0 spiro atoms. The van der Waals surface area contributed by atoms with Crippen molar-refractivity contribution in [2.24, 2.45) is 12.8 Å². The van der Waals surface area contributed by atoms with Gasteiger partial charge in [0.25, 0.3) is 0 Å². The van der Waals surface area contributed by atoms with E-state index in [9.17, 15) is 5.11 Å². The Balaban J connectivity index is 2.05. The summed E-state index contributed by atoms with van der Waals surface area (Å²) in [4.78, 5) is 4.67. The maximum Gasteiger partial charge on any atom is 0.112 e. The van der Waals surface area contributed by atoms with Crippen molar-refractivity contribution < 1.29 is 5.11 Å². The molecule has 1 aliphatic rings. The lowest BCUT2D eigenvalue weighted by atomic mass is 9.82. The number of aryl methyl sites for hydroxylation is 1. The second-order valence-corrected chi connectivity index (χ2v) is 4.88. The van der Waals surface area contributed by atoms with E-state index in [2.05, 4.69) is 15.6 Å². The summed E-state index contributed by atoms with van der Waals surface area (Å²) >= 11 is 0. The SMILES string of the molecule is Cn1c(C2CC(O)C2)nc2cc(CN)ccc21. The average molecular weight is 231 g/mol. The van der Waals surface area contributed by atoms with Crippen molar-refractivity contribution in [1.82, 2.24) is 9.55 Å². The highest BCUT2D eigenvalue weighted by molar-refractivity contribution is 5.77. The lowest BCUT2D eigenvalue weighted by Gasteiger charge is -2.30. The van der Waals surface area contributed by atoms with E-state index in [1.807, 2.05) is 19.2 Å². The summed E-state index contributed by atoms with van der Waals surface area (Å²) in [6.45, 7) is 0.546. The summed E-state index contributed by atoms with van der Waals surface area (Å²) in [7, 11) is 2.04. The Morgan fingerprint density at radius 3 is 2.88 bits per heavy atom. The van der Waals surface area contributed by atoms with Gasteiger partial charge < -0.3 is 15.4 Å². The Kier molecular flexibility index (Phi) is 2.42. The molecule has 1 saturated carbocycles. The van der Waals surface area contributed by atoms with Gasteiger partial charge in [0.15, 0.2) is 0 Å². The van der Waals surface area contributed by atoms with Crippen LogP contribution in [0, 0.1) is 0 Å². The first kappa shape index (κ1) is 10.7. The van der Waals surface area contributed by atoms with Crippen LogP contribution in [-0.4, -0.2) is 20.8 Å². The highest BCUT2D eigenvalue weighted by Crippen LogP contribution is 2.37. The Bertz CT molecular complexity index is 555. The van der Waals surface area contributed by atoms with Crippen molar-refractivity contribution in [2.75, 3.05) is 0 Å². The van der Waals surface area contributed by atoms with Crippen LogP contribution < -0.4 is 5.73 Å². The molecule has 0 aliphatic heterocycles. The van der Waals surface area contributed by atoms with Gasteiger partial charge in [-0.2, -0.15) is 0 Å². The first-order valence-electron chi connectivity index (χ1n) is 6.02. The number of hydrogen-bond donors (Lipinski definition) is 2. The Morgan fingerprint density at radius 1 is 1.47 bits per heavy atom. The molecule has 1 aromatic heterocycles. The predicted molar refractivity (Wildman–Crippen MR) is 66.6 cm³/mol. The van der Waals surface area contributed by atoms with Gasteiger partial charge in [-0.25, -0.2) is 4.98 Å². The molecule has 0 unspecified atom stereocenters. The van der Waals surface area contributed by atoms with Crippen LogP contribution in [-0.2, 0) is 13.6 Å². The van der Waals surface area contributed by atoms with E-state index >= 15 is 0 Å². The Labute approximate surface area is 100 Å². The third kappa shape index (κ3) is 1.64. The molecule has 0 saturated heterocycles. The van der Waals surface area contributed by atoms with E-state index in [1.165, 1.54) is 0 Å². The fourth-order valence-electron chi connectivity index (χ4n) is 2.55. The van der Waals surface area contributed by atoms with Crippen molar-refractivity contribution in [1.29, 1.82) is 0 Å². The average Bonchev–Trinajstić information content (AvgIpc) is 2.62. The monoisotopic (exact) mass is 231 g/mol. The Morgan fingerprint density at radius 2 is 2.24 bits per heavy atom. The number of hydrogen-bond acceptors (Lipinski definition) is 3. The molecule has 2 aromatic rings. The lowest BCUT2D eigenvalue weighted by molar-refractivity contribution is 0.0709. The van der Waals surface area contributed by atoms with Crippen LogP contribution in [0.4, 0.5) is 0 Å². The number of imidazole rings is 1. The van der Waals surface area contributed by atoms with Crippen molar-refractivity contribution >= 4 is 11.0 Å². The van der Waals surface area contributed by atoms with Crippen LogP contribution in [0.2, 0.25) is 0 Å². The van der Waals surface area contributed by atoms with Crippen LogP contribution in [0.1, 0.15) is 30.1 Å². The summed E-state index contributed by atoms with van der Waals surface area (Å²) in [6.07, 6.45) is 1.53. The first-order valence-corrected chi connectivity index (χ1v) is 6.02. The molecule has 1 fully saturated rings. The summed E-state index contributed by atoms with van der Waals surface area (Å²) in [5.41, 5.74) is 8.88. The van der Waals surface area contributed by atoms with Gasteiger partial charge in [-0.3, -0.25) is 0 Å². The van der Waals surface area contributed by atoms with Crippen LogP contribution in [0.5, 0.6) is 0 Å². The van der Waals surface area contributed by atoms with Gasteiger partial charge in [0, 0.05) is 19.5 Å². The van der Waals surface area contributed by atoms with Crippen LogP contribution in [0.25, 0.3) is 11.0 Å². The highest BCUT2D eigenvalue weighted by Gasteiger charge is 2.32. The molecule has 90 valence electrons. The number of benzene rings is 1. The van der Waals surface area contributed by atoms with Crippen LogP contribution >= 0.6 is 0 Å². The predicted octanol–water partition coefficient (Wildman–Crippen LogP) is 1.27. The molecule has 0 radical (unpaired) electrons. The molecule has 0 amide bonds. The van der Waals surface area contributed by atoms with Gasteiger partial charge in [-0.05, 0) is 30.5 Å². The minimum absolute atomic E-state index is 0.139. The van der Waals surface area contributed by atoms with Gasteiger partial charge in [0.1, 0.15) is 5.82 Å². The highest BCUT2D eigenvalue weighted by atomic mass is 16.3. The largest absolute Gasteiger partial charge is 0.393 e. The van der Waals surface area contributed by atoms with E-state index in [0.29, 0.717) is 12.5 Å². The minimum atomic E-state index is -0.139. The van der Waals surface area contributed by atoms with E-state index in [-0.39, 0.29) is 6.10 Å². The smallest absolute Gasteiger partial charge is 0.112 e. The fraction of sp³-hybridized carbons (Fsp3) is 0.462. The molecule has 4 heteroatoms. The zero-order valence-electron chi connectivity index (χ0n) is 9.93. The quantitative estimate of drug-likeness (QED) is 0.818. The van der Waals surface area contributed by atoms with E-state index < -0.39 is 0 Å². The molecule has 1 aromatic carbocycles. The molecule has 0 bridgehead atoms. The molecule has 3 rings (SSSR count). The number of aliphatic hydroxyl groups is 1. The third-order valence-corrected chi connectivity index (χ3v) is 3.69. The van der Waals surface area contributed by atoms with Gasteiger partial charge in [0.05, 0.1) is 17.1 Å². The molecular weight excluding hydrogens is 214 g/mol. The van der Waals surface area contributed by atoms with Crippen molar-refractivity contribution in [3.63, 3.8) is 0 Å².